The van der Waals surface area contributed by atoms with E-state index in [1.54, 1.807) is 18.2 Å². The summed E-state index contributed by atoms with van der Waals surface area (Å²) in [6, 6.07) is 5.00. The molecule has 7 heteroatoms. The van der Waals surface area contributed by atoms with Gasteiger partial charge in [0, 0.05) is 6.04 Å². The number of aromatic nitrogens is 2. The van der Waals surface area contributed by atoms with Crippen LogP contribution in [0.25, 0.3) is 11.0 Å². The Kier molecular flexibility index (Phi) is 4.09. The van der Waals surface area contributed by atoms with Gasteiger partial charge in [0.25, 0.3) is 0 Å². The molecule has 6 nitrogen and oxygen atoms in total. The summed E-state index contributed by atoms with van der Waals surface area (Å²) < 4.78 is 34.5. The number of hydrogen-bond donors (Lipinski definition) is 1. The number of fused-ring (bicyclic) bond motifs is 1. The lowest BCUT2D eigenvalue weighted by Gasteiger charge is -2.59. The molecular formula is C20H27N3O3S. The Bertz CT molecular complexity index is 917. The van der Waals surface area contributed by atoms with E-state index in [0.29, 0.717) is 11.0 Å². The van der Waals surface area contributed by atoms with Gasteiger partial charge in [0.05, 0.1) is 0 Å². The van der Waals surface area contributed by atoms with Crippen molar-refractivity contribution in [1.82, 2.24) is 15.0 Å². The third-order valence-electron chi connectivity index (χ3n) is 7.24. The summed E-state index contributed by atoms with van der Waals surface area (Å²) in [5.41, 5.74) is 0.916. The van der Waals surface area contributed by atoms with Gasteiger partial charge in [-0.25, -0.2) is 17.8 Å². The van der Waals surface area contributed by atoms with Gasteiger partial charge in [0.1, 0.15) is 10.4 Å². The Morgan fingerprint density at radius 2 is 1.81 bits per heavy atom. The van der Waals surface area contributed by atoms with Gasteiger partial charge < -0.3 is 0 Å². The number of benzene rings is 1. The van der Waals surface area contributed by atoms with Crippen LogP contribution in [-0.2, 0) is 10.0 Å². The van der Waals surface area contributed by atoms with E-state index in [-0.39, 0.29) is 16.4 Å². The zero-order chi connectivity index (χ0) is 18.6. The normalized spacial score (nSPS) is 33.6. The first kappa shape index (κ1) is 17.6. The van der Waals surface area contributed by atoms with Crippen LogP contribution in [0.2, 0.25) is 0 Å². The molecule has 0 saturated heterocycles. The van der Waals surface area contributed by atoms with Crippen molar-refractivity contribution in [3.05, 3.63) is 18.2 Å². The van der Waals surface area contributed by atoms with E-state index in [9.17, 15) is 8.42 Å². The van der Waals surface area contributed by atoms with Crippen molar-refractivity contribution in [2.24, 2.45) is 23.2 Å². The summed E-state index contributed by atoms with van der Waals surface area (Å²) in [4.78, 5) is 0.173. The summed E-state index contributed by atoms with van der Waals surface area (Å²) in [5, 5.41) is 7.61. The van der Waals surface area contributed by atoms with Gasteiger partial charge in [-0.15, -0.1) is 0 Å². The molecule has 4 fully saturated rings. The van der Waals surface area contributed by atoms with Gasteiger partial charge in [-0.1, -0.05) is 19.4 Å². The fourth-order valence-corrected chi connectivity index (χ4v) is 8.16. The Morgan fingerprint density at radius 3 is 2.44 bits per heavy atom. The van der Waals surface area contributed by atoms with Crippen LogP contribution in [0.15, 0.2) is 27.7 Å². The van der Waals surface area contributed by atoms with Crippen LogP contribution in [-0.4, -0.2) is 24.8 Å². The molecule has 1 unspecified atom stereocenters. The first-order valence-corrected chi connectivity index (χ1v) is 11.7. The van der Waals surface area contributed by atoms with Crippen molar-refractivity contribution in [3.63, 3.8) is 0 Å². The highest BCUT2D eigenvalue weighted by Gasteiger charge is 2.54. The van der Waals surface area contributed by atoms with Crippen LogP contribution < -0.4 is 4.72 Å². The Labute approximate surface area is 160 Å². The molecule has 6 rings (SSSR count). The average molecular weight is 390 g/mol. The second-order valence-electron chi connectivity index (χ2n) is 9.13. The predicted octanol–water partition coefficient (Wildman–Crippen LogP) is 3.89. The zero-order valence-electron chi connectivity index (χ0n) is 15.7. The maximum Gasteiger partial charge on any atom is 0.243 e. The van der Waals surface area contributed by atoms with E-state index in [4.69, 9.17) is 4.63 Å². The van der Waals surface area contributed by atoms with Gasteiger partial charge in [-0.3, -0.25) is 0 Å². The second-order valence-corrected chi connectivity index (χ2v) is 10.8. The van der Waals surface area contributed by atoms with Crippen molar-refractivity contribution in [2.75, 3.05) is 0 Å². The minimum absolute atomic E-state index is 0.00369. The minimum atomic E-state index is -3.68. The van der Waals surface area contributed by atoms with Gasteiger partial charge in [-0.05, 0) is 90.6 Å². The predicted molar refractivity (Wildman–Crippen MR) is 101 cm³/mol. The van der Waals surface area contributed by atoms with Crippen molar-refractivity contribution >= 4 is 21.1 Å². The summed E-state index contributed by atoms with van der Waals surface area (Å²) in [6.45, 7) is 2.14. The molecule has 1 N–H and O–H groups in total. The highest BCUT2D eigenvalue weighted by Crippen LogP contribution is 2.61. The maximum atomic E-state index is 13.3. The fourth-order valence-electron chi connectivity index (χ4n) is 6.63. The summed E-state index contributed by atoms with van der Waals surface area (Å²) >= 11 is 0. The summed E-state index contributed by atoms with van der Waals surface area (Å²) in [5.74, 6) is 2.38. The topological polar surface area (TPSA) is 85.1 Å². The molecule has 1 heterocycles. The molecule has 146 valence electrons. The second kappa shape index (κ2) is 6.27. The van der Waals surface area contributed by atoms with E-state index in [1.165, 1.54) is 38.5 Å². The fraction of sp³-hybridized carbons (Fsp3) is 0.700. The molecule has 4 aliphatic rings. The molecule has 1 aromatic heterocycles. The van der Waals surface area contributed by atoms with E-state index in [1.807, 2.05) is 0 Å². The molecule has 0 aliphatic heterocycles. The smallest absolute Gasteiger partial charge is 0.243 e. The largest absolute Gasteiger partial charge is 0.243 e. The highest BCUT2D eigenvalue weighted by atomic mass is 32.2. The molecule has 27 heavy (non-hydrogen) atoms. The van der Waals surface area contributed by atoms with Crippen molar-refractivity contribution < 1.29 is 13.0 Å². The Morgan fingerprint density at radius 1 is 1.15 bits per heavy atom. The lowest BCUT2D eigenvalue weighted by molar-refractivity contribution is -0.0712. The van der Waals surface area contributed by atoms with Crippen molar-refractivity contribution in [3.8, 4) is 0 Å². The quantitative estimate of drug-likeness (QED) is 0.810. The molecule has 4 aliphatic carbocycles. The van der Waals surface area contributed by atoms with Crippen molar-refractivity contribution in [1.29, 1.82) is 0 Å². The number of nitrogens with zero attached hydrogens (tertiary/aromatic N) is 2. The first-order valence-electron chi connectivity index (χ1n) is 10.2. The molecule has 0 spiro atoms. The van der Waals surface area contributed by atoms with E-state index < -0.39 is 10.0 Å². The van der Waals surface area contributed by atoms with Crippen LogP contribution in [0.4, 0.5) is 0 Å². The van der Waals surface area contributed by atoms with Crippen molar-refractivity contribution in [2.45, 2.75) is 69.2 Å². The molecule has 1 aromatic carbocycles. The monoisotopic (exact) mass is 389 g/mol. The van der Waals surface area contributed by atoms with Gasteiger partial charge >= 0.3 is 0 Å². The third kappa shape index (κ3) is 2.90. The van der Waals surface area contributed by atoms with Crippen LogP contribution in [0.5, 0.6) is 0 Å². The molecule has 0 radical (unpaired) electrons. The van der Waals surface area contributed by atoms with Crippen LogP contribution >= 0.6 is 0 Å². The van der Waals surface area contributed by atoms with Gasteiger partial charge in [0.2, 0.25) is 10.0 Å². The minimum Gasteiger partial charge on any atom is -0.243 e. The number of nitrogens with one attached hydrogen (secondary N) is 1. The summed E-state index contributed by atoms with van der Waals surface area (Å²) in [6.07, 6.45) is 9.48. The van der Waals surface area contributed by atoms with Crippen LogP contribution in [0.3, 0.4) is 0 Å². The molecular weight excluding hydrogens is 362 g/mol. The molecule has 1 atom stereocenters. The highest BCUT2D eigenvalue weighted by molar-refractivity contribution is 7.89. The van der Waals surface area contributed by atoms with E-state index >= 15 is 0 Å². The van der Waals surface area contributed by atoms with Gasteiger partial charge in [0.15, 0.2) is 5.52 Å². The number of sulfonamides is 1. The lowest BCUT2D eigenvalue weighted by atomic mass is 9.47. The third-order valence-corrected chi connectivity index (χ3v) is 8.74. The average Bonchev–Trinajstić information content (AvgIpc) is 3.08. The molecule has 0 amide bonds. The maximum absolute atomic E-state index is 13.3. The van der Waals surface area contributed by atoms with E-state index in [2.05, 4.69) is 22.0 Å². The van der Waals surface area contributed by atoms with Crippen LogP contribution in [0.1, 0.15) is 58.3 Å². The Hall–Kier alpha value is -1.47. The standard InChI is InChI=1S/C20H27N3O3S/c1-2-4-18(20-10-13-7-14(11-20)9-15(8-13)12-20)23-27(24,25)17-6-3-5-16-19(17)22-26-21-16/h3,5-6,13-15,18,23H,2,4,7-12H2,1H3. The van der Waals surface area contributed by atoms with E-state index in [0.717, 1.165) is 30.6 Å². The molecule has 4 bridgehead atoms. The number of hydrogen-bond acceptors (Lipinski definition) is 5. The van der Waals surface area contributed by atoms with Gasteiger partial charge in [-0.2, -0.15) is 0 Å². The lowest BCUT2D eigenvalue weighted by Crippen LogP contribution is -2.56. The zero-order valence-corrected chi connectivity index (χ0v) is 16.5. The van der Waals surface area contributed by atoms with Crippen LogP contribution in [0, 0.1) is 23.2 Å². The first-order chi connectivity index (χ1) is 13.0. The summed E-state index contributed by atoms with van der Waals surface area (Å²) in [7, 11) is -3.68. The number of rotatable bonds is 6. The SMILES string of the molecule is CCCC(NS(=O)(=O)c1cccc2nonc12)C12CC3CC(CC(C3)C1)C2. The molecule has 2 aromatic rings. The molecule has 4 saturated carbocycles. The Balaban J connectivity index is 1.49.